The minimum Gasteiger partial charge on any atom is -0.494 e. The van der Waals surface area contributed by atoms with Gasteiger partial charge in [0.15, 0.2) is 0 Å². The number of benzene rings is 4. The molecule has 75 heavy (non-hydrogen) atoms. The third-order valence-corrected chi connectivity index (χ3v) is 13.4. The number of pyridine rings is 1. The summed E-state index contributed by atoms with van der Waals surface area (Å²) in [6.07, 6.45) is 15.9. The second-order valence-corrected chi connectivity index (χ2v) is 18.7. The number of aromatic amines is 1. The summed E-state index contributed by atoms with van der Waals surface area (Å²) >= 11 is 0. The van der Waals surface area contributed by atoms with E-state index in [1.807, 2.05) is 135 Å². The third-order valence-electron chi connectivity index (χ3n) is 13.4. The molecule has 5 aromatic heterocycles. The summed E-state index contributed by atoms with van der Waals surface area (Å²) < 4.78 is 13.5. The van der Waals surface area contributed by atoms with Gasteiger partial charge in [0.25, 0.3) is 11.6 Å². The fraction of sp³-hybridized carbons (Fsp3) is 0.259. The number of anilines is 6. The van der Waals surface area contributed by atoms with Crippen LogP contribution in [0.3, 0.4) is 0 Å². The van der Waals surface area contributed by atoms with Crippen molar-refractivity contribution >= 4 is 74.2 Å². The maximum absolute atomic E-state index is 11.9. The van der Waals surface area contributed by atoms with E-state index in [-0.39, 0.29) is 17.6 Å². The SMILES string of the molecule is CCOc1ccc(Nc2c(C)c(NC3CCCCC3)nc3[n+]2N=CC3)cc1.C[C@@H](NC1C(=O)C(=O)C1Nc1ccncc1)c1ccccc1.Cc1nccc(Nc2cc(-c3cc4ccccc4o3)c3[nH]ncc3c2)n1. The minimum absolute atomic E-state index is 0.00927. The highest BCUT2D eigenvalue weighted by atomic mass is 16.5. The zero-order valence-electron chi connectivity index (χ0n) is 42.4. The molecule has 2 fully saturated rings. The Morgan fingerprint density at radius 2 is 1.55 bits per heavy atom. The molecule has 3 atom stereocenters. The normalized spacial score (nSPS) is 16.2. The summed E-state index contributed by atoms with van der Waals surface area (Å²) in [6.45, 7) is 8.62. The van der Waals surface area contributed by atoms with E-state index >= 15 is 0 Å². The first kappa shape index (κ1) is 49.7. The number of para-hydroxylation sites is 1. The molecule has 0 radical (unpaired) electrons. The molecular weight excluding hydrogens is 943 g/mol. The van der Waals surface area contributed by atoms with Gasteiger partial charge >= 0.3 is 0 Å². The van der Waals surface area contributed by atoms with E-state index < -0.39 is 12.1 Å². The number of nitrogens with zero attached hydrogens (tertiary/aromatic N) is 7. The Kier molecular flexibility index (Phi) is 15.2. The fourth-order valence-corrected chi connectivity index (χ4v) is 9.47. The Morgan fingerprint density at radius 3 is 2.32 bits per heavy atom. The predicted molar refractivity (Wildman–Crippen MR) is 293 cm³/mol. The molecule has 0 spiro atoms. The van der Waals surface area contributed by atoms with E-state index in [9.17, 15) is 9.59 Å². The first-order valence-electron chi connectivity index (χ1n) is 25.5. The van der Waals surface area contributed by atoms with Crippen LogP contribution < -0.4 is 36.0 Å². The van der Waals surface area contributed by atoms with Crippen molar-refractivity contribution in [3.63, 3.8) is 0 Å². The van der Waals surface area contributed by atoms with Crippen molar-refractivity contribution in [1.82, 2.24) is 35.5 Å². The lowest BCUT2D eigenvalue weighted by atomic mass is 9.82. The summed E-state index contributed by atoms with van der Waals surface area (Å²) in [4.78, 5) is 41.0. The molecule has 12 rings (SSSR count). The first-order chi connectivity index (χ1) is 36.7. The van der Waals surface area contributed by atoms with Gasteiger partial charge in [-0.3, -0.25) is 30.3 Å². The number of H-pyrrole nitrogens is 1. The number of furan rings is 1. The van der Waals surface area contributed by atoms with Crippen molar-refractivity contribution in [3.05, 3.63) is 163 Å². The number of ketones is 2. The van der Waals surface area contributed by atoms with Gasteiger partial charge in [0.1, 0.15) is 40.8 Å². The van der Waals surface area contributed by atoms with Crippen LogP contribution in [0.4, 0.5) is 34.5 Å². The van der Waals surface area contributed by atoms with E-state index in [1.54, 1.807) is 36.9 Å². The van der Waals surface area contributed by atoms with Crippen molar-refractivity contribution in [2.75, 3.05) is 27.9 Å². The number of hydrogen-bond acceptors (Lipinski definition) is 15. The number of aryl methyl sites for hydroxylation is 1. The second-order valence-electron chi connectivity index (χ2n) is 18.7. The summed E-state index contributed by atoms with van der Waals surface area (Å²) in [7, 11) is 0. The van der Waals surface area contributed by atoms with E-state index in [2.05, 4.69) is 63.8 Å². The van der Waals surface area contributed by atoms with Crippen LogP contribution in [0.5, 0.6) is 5.75 Å². The molecule has 9 aromatic rings. The van der Waals surface area contributed by atoms with Crippen LogP contribution in [0.1, 0.15) is 74.8 Å². The van der Waals surface area contributed by atoms with Gasteiger partial charge in [-0.25, -0.2) is 9.97 Å². The number of Topliss-reactive ketones (excluding diaryl/α,β-unsaturated/α-hetero) is 2. The van der Waals surface area contributed by atoms with E-state index in [4.69, 9.17) is 14.1 Å². The maximum Gasteiger partial charge on any atom is 0.270 e. The number of carbonyl (C=O) groups is 2. The van der Waals surface area contributed by atoms with Crippen LogP contribution in [-0.2, 0) is 16.0 Å². The lowest BCUT2D eigenvalue weighted by Gasteiger charge is -2.36. The Bertz CT molecular complexity index is 3410. The lowest BCUT2D eigenvalue weighted by Crippen LogP contribution is -2.67. The zero-order chi connectivity index (χ0) is 51.7. The fourth-order valence-electron chi connectivity index (χ4n) is 9.47. The number of aromatic nitrogens is 7. The smallest absolute Gasteiger partial charge is 0.270 e. The van der Waals surface area contributed by atoms with Crippen molar-refractivity contribution in [2.24, 2.45) is 5.10 Å². The number of carbonyl (C=O) groups excluding carboxylic acids is 2. The maximum atomic E-state index is 11.9. The van der Waals surface area contributed by atoms with Gasteiger partial charge in [0.2, 0.25) is 17.4 Å². The Morgan fingerprint density at radius 1 is 0.773 bits per heavy atom. The van der Waals surface area contributed by atoms with Crippen LogP contribution in [0.2, 0.25) is 0 Å². The number of fused-ring (bicyclic) bond motifs is 3. The molecule has 2 aliphatic carbocycles. The van der Waals surface area contributed by atoms with Gasteiger partial charge in [-0.15, -0.1) is 9.78 Å². The third kappa shape index (κ3) is 11.7. The molecule has 1 aliphatic heterocycles. The molecule has 0 bridgehead atoms. The predicted octanol–water partition coefficient (Wildman–Crippen LogP) is 10.5. The second kappa shape index (κ2) is 22.9. The van der Waals surface area contributed by atoms with Crippen molar-refractivity contribution < 1.29 is 23.4 Å². The molecule has 17 nitrogen and oxygen atoms in total. The lowest BCUT2D eigenvalue weighted by molar-refractivity contribution is -0.669. The standard InChI is InChI=1S/C21H27N5O.C20H15N5O.C17H17N3O2/c1-3-27-18-11-9-17(10-12-18)24-21-15(2)20(23-16-7-5-4-6-8-16)25-19-13-14-22-26(19)21;1-12-21-7-6-19(23-12)24-15-8-14-11-22-25-20(14)16(10-15)18-9-13-4-2-3-5-17(13)26-18;1-11(12-5-3-2-4-6-12)19-14-15(17(22)16(14)21)20-13-7-9-18-10-8-13/h9-12,14,16H,3-8,13H2,1-2H3,(H,23,24);2-11H,1H3,(H,22,25)(H,21,23,24);2-11,14-15,19H,1H3,(H,18,20)/p+1/t;;11-,14?,15?/m..1/s1. The summed E-state index contributed by atoms with van der Waals surface area (Å²) in [6, 6.07) is 36.8. The molecule has 17 heteroatoms. The van der Waals surface area contributed by atoms with E-state index in [0.717, 1.165) is 103 Å². The topological polar surface area (TPSA) is 213 Å². The van der Waals surface area contributed by atoms with Crippen molar-refractivity contribution in [3.8, 4) is 17.1 Å². The highest BCUT2D eigenvalue weighted by Crippen LogP contribution is 2.35. The van der Waals surface area contributed by atoms with Crippen LogP contribution >= 0.6 is 0 Å². The van der Waals surface area contributed by atoms with Gasteiger partial charge < -0.3 is 25.1 Å². The molecule has 0 saturated heterocycles. The first-order valence-corrected chi connectivity index (χ1v) is 25.5. The van der Waals surface area contributed by atoms with Gasteiger partial charge in [0.05, 0.1) is 42.2 Å². The molecule has 4 aromatic carbocycles. The van der Waals surface area contributed by atoms with Gasteiger partial charge in [-0.1, -0.05) is 72.8 Å². The van der Waals surface area contributed by atoms with E-state index in [0.29, 0.717) is 12.6 Å². The Hall–Kier alpha value is -8.83. The van der Waals surface area contributed by atoms with Gasteiger partial charge in [-0.2, -0.15) is 5.10 Å². The average molecular weight is 1000 g/mol. The molecule has 6 heterocycles. The monoisotopic (exact) mass is 1000 g/mol. The minimum atomic E-state index is -0.527. The molecule has 6 N–H and O–H groups in total. The van der Waals surface area contributed by atoms with Crippen LogP contribution in [0, 0.1) is 13.8 Å². The average Bonchev–Trinajstić information content (AvgIpc) is 4.23. The number of nitrogens with one attached hydrogen (secondary N) is 6. The largest absolute Gasteiger partial charge is 0.494 e. The van der Waals surface area contributed by atoms with Gasteiger partial charge in [-0.05, 0) is 113 Å². The summed E-state index contributed by atoms with van der Waals surface area (Å²) in [5, 5.41) is 30.7. The molecule has 3 aliphatic rings. The highest BCUT2D eigenvalue weighted by molar-refractivity contribution is 6.49. The highest BCUT2D eigenvalue weighted by Gasteiger charge is 2.49. The molecule has 2 saturated carbocycles. The number of rotatable bonds is 14. The number of ether oxygens (including phenoxy) is 1. The quantitative estimate of drug-likeness (QED) is 0.0442. The van der Waals surface area contributed by atoms with Crippen molar-refractivity contribution in [1.29, 1.82) is 0 Å². The molecular formula is C58H60N13O4+. The molecule has 2 unspecified atom stereocenters. The molecule has 380 valence electrons. The molecule has 0 amide bonds. The zero-order valence-corrected chi connectivity index (χ0v) is 42.4. The Balaban J connectivity index is 0.000000129. The Labute approximate surface area is 434 Å². The van der Waals surface area contributed by atoms with Gasteiger partial charge in [0, 0.05) is 58.4 Å². The summed E-state index contributed by atoms with van der Waals surface area (Å²) in [5.41, 5.74) is 7.62. The van der Waals surface area contributed by atoms with Crippen LogP contribution in [0.15, 0.2) is 150 Å². The summed E-state index contributed by atoms with van der Waals surface area (Å²) in [5.74, 6) is 5.31. The number of hydrogen-bond donors (Lipinski definition) is 6. The van der Waals surface area contributed by atoms with Crippen LogP contribution in [-0.4, -0.2) is 72.6 Å². The van der Waals surface area contributed by atoms with Crippen LogP contribution in [0.25, 0.3) is 33.2 Å². The van der Waals surface area contributed by atoms with E-state index in [1.165, 1.54) is 32.1 Å². The van der Waals surface area contributed by atoms with Crippen molar-refractivity contribution in [2.45, 2.75) is 90.4 Å².